The molecular weight excluding hydrogens is 414 g/mol. The van der Waals surface area contributed by atoms with Gasteiger partial charge >= 0.3 is 0 Å². The number of carbonyl (C=O) groups is 1. The molecule has 7 nitrogen and oxygen atoms in total. The summed E-state index contributed by atoms with van der Waals surface area (Å²) < 4.78 is 3.38. The van der Waals surface area contributed by atoms with Gasteiger partial charge in [0.2, 0.25) is 5.91 Å². The van der Waals surface area contributed by atoms with Crippen molar-refractivity contribution in [1.82, 2.24) is 14.2 Å². The highest BCUT2D eigenvalue weighted by molar-refractivity contribution is 6.01. The number of benzene rings is 2. The van der Waals surface area contributed by atoms with E-state index in [2.05, 4.69) is 0 Å². The average molecular weight is 442 g/mol. The fourth-order valence-electron chi connectivity index (χ4n) is 4.97. The van der Waals surface area contributed by atoms with Crippen molar-refractivity contribution in [1.29, 1.82) is 0 Å². The lowest BCUT2D eigenvalue weighted by Gasteiger charge is -2.22. The van der Waals surface area contributed by atoms with Gasteiger partial charge in [0.25, 0.3) is 5.56 Å². The van der Waals surface area contributed by atoms with Crippen molar-refractivity contribution in [3.8, 4) is 0 Å². The van der Waals surface area contributed by atoms with Crippen LogP contribution in [-0.2, 0) is 11.3 Å². The van der Waals surface area contributed by atoms with Crippen molar-refractivity contribution in [2.75, 3.05) is 0 Å². The summed E-state index contributed by atoms with van der Waals surface area (Å²) in [6, 6.07) is 15.3. The fourth-order valence-corrected chi connectivity index (χ4v) is 4.97. The van der Waals surface area contributed by atoms with E-state index in [-0.39, 0.29) is 18.0 Å². The first-order chi connectivity index (χ1) is 16.0. The molecule has 2 aromatic heterocycles. The molecule has 0 radical (unpaired) electrons. The maximum Gasteiger partial charge on any atom is 0.282 e. The summed E-state index contributed by atoms with van der Waals surface area (Å²) in [4.78, 5) is 30.0. The number of amides is 1. The first-order valence-corrected chi connectivity index (χ1v) is 11.5. The molecule has 0 bridgehead atoms. The van der Waals surface area contributed by atoms with Crippen LogP contribution < -0.4 is 11.3 Å². The molecule has 4 aromatic rings. The predicted octanol–water partition coefficient (Wildman–Crippen LogP) is 4.07. The zero-order valence-corrected chi connectivity index (χ0v) is 18.7. The number of carbonyl (C=O) groups excluding carboxylic acids is 1. The van der Waals surface area contributed by atoms with Gasteiger partial charge in [0.1, 0.15) is 12.4 Å². The van der Waals surface area contributed by atoms with E-state index in [1.54, 1.807) is 12.3 Å². The molecule has 33 heavy (non-hydrogen) atoms. The van der Waals surface area contributed by atoms with Crippen LogP contribution in [0.1, 0.15) is 55.1 Å². The second kappa shape index (κ2) is 8.65. The fraction of sp³-hybridized carbons (Fsp3) is 0.308. The van der Waals surface area contributed by atoms with Gasteiger partial charge in [0.05, 0.1) is 17.1 Å². The number of aromatic nitrogens is 3. The first kappa shape index (κ1) is 21.1. The van der Waals surface area contributed by atoms with Gasteiger partial charge in [-0.25, -0.2) is 4.98 Å². The molecule has 0 saturated heterocycles. The van der Waals surface area contributed by atoms with E-state index in [0.29, 0.717) is 10.9 Å². The maximum atomic E-state index is 13.5. The van der Waals surface area contributed by atoms with E-state index in [1.165, 1.54) is 11.1 Å². The molecule has 0 spiro atoms. The highest BCUT2D eigenvalue weighted by atomic mass is 16.1. The molecule has 5 rings (SSSR count). The third-order valence-corrected chi connectivity index (χ3v) is 6.65. The molecule has 2 aromatic carbocycles. The molecule has 2 heterocycles. The minimum absolute atomic E-state index is 0.0883. The van der Waals surface area contributed by atoms with Gasteiger partial charge in [0.15, 0.2) is 0 Å². The molecule has 168 valence electrons. The van der Waals surface area contributed by atoms with Crippen molar-refractivity contribution >= 4 is 33.9 Å². The Labute approximate surface area is 191 Å². The monoisotopic (exact) mass is 441 g/mol. The molecule has 1 aliphatic rings. The molecular formula is C26H27N5O2. The minimum atomic E-state index is -0.406. The van der Waals surface area contributed by atoms with Crippen LogP contribution in [0.3, 0.4) is 0 Å². The summed E-state index contributed by atoms with van der Waals surface area (Å²) in [5, 5.41) is 6.21. The molecule has 1 aliphatic carbocycles. The Balaban J connectivity index is 1.68. The number of primary amides is 1. The second-order valence-corrected chi connectivity index (χ2v) is 8.75. The molecule has 1 amide bonds. The third kappa shape index (κ3) is 3.84. The number of nitrogens with two attached hydrogens (primary N) is 1. The number of para-hydroxylation sites is 2. The van der Waals surface area contributed by atoms with Gasteiger partial charge in [-0.15, -0.1) is 0 Å². The topological polar surface area (TPSA) is 95.3 Å². The second-order valence-electron chi connectivity index (χ2n) is 8.75. The van der Waals surface area contributed by atoms with Crippen LogP contribution in [0, 0.1) is 6.92 Å². The lowest BCUT2D eigenvalue weighted by molar-refractivity contribution is -0.118. The van der Waals surface area contributed by atoms with Gasteiger partial charge in [-0.2, -0.15) is 9.78 Å². The average Bonchev–Trinajstić information content (AvgIpc) is 3.09. The van der Waals surface area contributed by atoms with E-state index < -0.39 is 5.91 Å². The van der Waals surface area contributed by atoms with Crippen molar-refractivity contribution in [3.05, 3.63) is 76.0 Å². The summed E-state index contributed by atoms with van der Waals surface area (Å²) in [6.45, 7) is 2.03. The van der Waals surface area contributed by atoms with Crippen molar-refractivity contribution < 1.29 is 4.79 Å². The molecule has 7 heteroatoms. The quantitative estimate of drug-likeness (QED) is 0.473. The van der Waals surface area contributed by atoms with Crippen molar-refractivity contribution in [2.45, 2.75) is 51.5 Å². The van der Waals surface area contributed by atoms with Gasteiger partial charge in [-0.3, -0.25) is 9.59 Å². The number of nitrogens with zero attached hydrogens (tertiary/aromatic N) is 4. The van der Waals surface area contributed by atoms with Crippen molar-refractivity contribution in [3.63, 3.8) is 0 Å². The molecule has 2 N–H and O–H groups in total. The summed E-state index contributed by atoms with van der Waals surface area (Å²) in [6.07, 6.45) is 7.23. The van der Waals surface area contributed by atoms with Gasteiger partial charge in [-0.05, 0) is 38.0 Å². The van der Waals surface area contributed by atoms with Gasteiger partial charge in [0, 0.05) is 28.1 Å². The largest absolute Gasteiger partial charge is 0.368 e. The maximum absolute atomic E-state index is 13.5. The SMILES string of the molecule is Cc1c(C=Nn2c(C3CCCCC3)nc3ccccc3c2=O)c2ccccc2n1CC(N)=O. The zero-order chi connectivity index (χ0) is 22.9. The Morgan fingerprint density at radius 1 is 1.09 bits per heavy atom. The Morgan fingerprint density at radius 3 is 2.55 bits per heavy atom. The van der Waals surface area contributed by atoms with Gasteiger partial charge < -0.3 is 10.3 Å². The zero-order valence-electron chi connectivity index (χ0n) is 18.7. The molecule has 0 atom stereocenters. The summed E-state index contributed by atoms with van der Waals surface area (Å²) >= 11 is 0. The number of hydrogen-bond donors (Lipinski definition) is 1. The van der Waals surface area contributed by atoms with Crippen LogP contribution in [-0.4, -0.2) is 26.3 Å². The molecule has 1 saturated carbocycles. The lowest BCUT2D eigenvalue weighted by atomic mass is 9.88. The predicted molar refractivity (Wildman–Crippen MR) is 131 cm³/mol. The van der Waals surface area contributed by atoms with Crippen LogP contribution in [0.4, 0.5) is 0 Å². The van der Waals surface area contributed by atoms with Crippen LogP contribution >= 0.6 is 0 Å². The standard InChI is InChI=1S/C26H27N5O2/c1-17-21(19-11-6-8-14-23(19)30(17)16-24(27)32)15-28-31-25(18-9-3-2-4-10-18)29-22-13-7-5-12-20(22)26(31)33/h5-8,11-15,18H,2-4,9-10,16H2,1H3,(H2,27,32). The lowest BCUT2D eigenvalue weighted by Crippen LogP contribution is -2.25. The molecule has 1 fully saturated rings. The van der Waals surface area contributed by atoms with E-state index in [0.717, 1.165) is 53.7 Å². The molecule has 0 aliphatic heterocycles. The van der Waals surface area contributed by atoms with Crippen LogP contribution in [0.2, 0.25) is 0 Å². The smallest absolute Gasteiger partial charge is 0.282 e. The summed E-state index contributed by atoms with van der Waals surface area (Å²) in [5.74, 6) is 0.538. The number of hydrogen-bond acceptors (Lipinski definition) is 4. The minimum Gasteiger partial charge on any atom is -0.368 e. The van der Waals surface area contributed by atoms with Crippen molar-refractivity contribution in [2.24, 2.45) is 10.8 Å². The Kier molecular flexibility index (Phi) is 5.54. The highest BCUT2D eigenvalue weighted by Crippen LogP contribution is 2.32. The van der Waals surface area contributed by atoms with E-state index >= 15 is 0 Å². The summed E-state index contributed by atoms with van der Waals surface area (Å²) in [5.41, 5.74) is 8.69. The van der Waals surface area contributed by atoms with Gasteiger partial charge in [-0.1, -0.05) is 49.6 Å². The number of fused-ring (bicyclic) bond motifs is 2. The summed E-state index contributed by atoms with van der Waals surface area (Å²) in [7, 11) is 0. The van der Waals surface area contributed by atoms with Crippen LogP contribution in [0.5, 0.6) is 0 Å². The first-order valence-electron chi connectivity index (χ1n) is 11.5. The van der Waals surface area contributed by atoms with E-state index in [1.807, 2.05) is 54.0 Å². The Bertz CT molecular complexity index is 1440. The van der Waals surface area contributed by atoms with E-state index in [4.69, 9.17) is 15.8 Å². The van der Waals surface area contributed by atoms with E-state index in [9.17, 15) is 9.59 Å². The third-order valence-electron chi connectivity index (χ3n) is 6.65. The number of rotatable bonds is 5. The molecule has 0 unspecified atom stereocenters. The van der Waals surface area contributed by atoms with Crippen LogP contribution in [0.15, 0.2) is 58.4 Å². The Hall–Kier alpha value is -3.74. The van der Waals surface area contributed by atoms with Crippen LogP contribution in [0.25, 0.3) is 21.8 Å². The highest BCUT2D eigenvalue weighted by Gasteiger charge is 2.22. The normalized spacial score (nSPS) is 15.1. The Morgan fingerprint density at radius 2 is 1.79 bits per heavy atom.